The van der Waals surface area contributed by atoms with Crippen molar-refractivity contribution < 1.29 is 0 Å². The summed E-state index contributed by atoms with van der Waals surface area (Å²) in [6.45, 7) is 6.16. The van der Waals surface area contributed by atoms with Crippen LogP contribution < -0.4 is 5.32 Å². The molecule has 0 aliphatic rings. The van der Waals surface area contributed by atoms with Gasteiger partial charge in [0.1, 0.15) is 0 Å². The van der Waals surface area contributed by atoms with E-state index in [9.17, 15) is 0 Å². The fourth-order valence-electron chi connectivity index (χ4n) is 1.14. The van der Waals surface area contributed by atoms with E-state index in [-0.39, 0.29) is 11.4 Å². The maximum atomic E-state index is 5.97. The number of hydrogen-bond acceptors (Lipinski definition) is 2. The highest BCUT2D eigenvalue weighted by atomic mass is 35.5. The molecule has 0 fully saturated rings. The Morgan fingerprint density at radius 2 is 2.21 bits per heavy atom. The first-order valence-corrected chi connectivity index (χ1v) is 5.42. The molecule has 14 heavy (non-hydrogen) atoms. The number of alkyl halides is 1. The average Bonchev–Trinajstić information content (AvgIpc) is 2.18. The Morgan fingerprint density at radius 1 is 1.50 bits per heavy atom. The van der Waals surface area contributed by atoms with E-state index >= 15 is 0 Å². The van der Waals surface area contributed by atoms with Gasteiger partial charge in [-0.25, -0.2) is 0 Å². The molecule has 1 N–H and O–H groups in total. The van der Waals surface area contributed by atoms with Crippen molar-refractivity contribution in [3.8, 4) is 0 Å². The summed E-state index contributed by atoms with van der Waals surface area (Å²) in [5.74, 6) is 0. The smallest absolute Gasteiger partial charge is 0.0506 e. The van der Waals surface area contributed by atoms with Crippen molar-refractivity contribution in [1.82, 2.24) is 4.98 Å². The van der Waals surface area contributed by atoms with Gasteiger partial charge in [-0.3, -0.25) is 4.98 Å². The number of pyridine rings is 1. The molecule has 1 heterocycles. The largest absolute Gasteiger partial charge is 0.381 e. The van der Waals surface area contributed by atoms with Gasteiger partial charge in [0, 0.05) is 23.6 Å². The first kappa shape index (κ1) is 11.3. The summed E-state index contributed by atoms with van der Waals surface area (Å²) in [4.78, 5) is 4.24. The van der Waals surface area contributed by atoms with Crippen LogP contribution in [0.25, 0.3) is 0 Å². The van der Waals surface area contributed by atoms with Crippen molar-refractivity contribution >= 4 is 17.3 Å². The van der Waals surface area contributed by atoms with Gasteiger partial charge in [0.15, 0.2) is 0 Å². The quantitative estimate of drug-likeness (QED) is 0.776. The van der Waals surface area contributed by atoms with Crippen molar-refractivity contribution in [2.45, 2.75) is 38.6 Å². The lowest BCUT2D eigenvalue weighted by Gasteiger charge is -2.17. The van der Waals surface area contributed by atoms with Gasteiger partial charge in [0.05, 0.1) is 5.38 Å². The van der Waals surface area contributed by atoms with Crippen molar-refractivity contribution in [1.29, 1.82) is 0 Å². The van der Waals surface area contributed by atoms with Gasteiger partial charge in [0.2, 0.25) is 0 Å². The lowest BCUT2D eigenvalue weighted by Crippen LogP contribution is -2.23. The van der Waals surface area contributed by atoms with Crippen LogP contribution in [0.4, 0.5) is 5.69 Å². The van der Waals surface area contributed by atoms with E-state index in [1.165, 1.54) is 0 Å². The molecule has 0 radical (unpaired) electrons. The SMILES string of the molecule is CCc1cc(NC(C)C(C)Cl)ccn1. The molecular weight excluding hydrogens is 196 g/mol. The maximum Gasteiger partial charge on any atom is 0.0506 e. The number of halogens is 1. The summed E-state index contributed by atoms with van der Waals surface area (Å²) in [5, 5.41) is 3.46. The summed E-state index contributed by atoms with van der Waals surface area (Å²) in [6, 6.07) is 4.30. The van der Waals surface area contributed by atoms with Crippen molar-refractivity contribution in [2.24, 2.45) is 0 Å². The fourth-order valence-corrected chi connectivity index (χ4v) is 1.20. The van der Waals surface area contributed by atoms with Gasteiger partial charge < -0.3 is 5.32 Å². The van der Waals surface area contributed by atoms with Gasteiger partial charge >= 0.3 is 0 Å². The van der Waals surface area contributed by atoms with Gasteiger partial charge in [-0.15, -0.1) is 11.6 Å². The number of hydrogen-bond donors (Lipinski definition) is 1. The van der Waals surface area contributed by atoms with Crippen LogP contribution in [0.2, 0.25) is 0 Å². The molecule has 0 bridgehead atoms. The number of aryl methyl sites for hydroxylation is 1. The summed E-state index contributed by atoms with van der Waals surface area (Å²) in [7, 11) is 0. The molecule has 2 nitrogen and oxygen atoms in total. The molecule has 1 rings (SSSR count). The minimum absolute atomic E-state index is 0.119. The van der Waals surface area contributed by atoms with E-state index < -0.39 is 0 Å². The van der Waals surface area contributed by atoms with Gasteiger partial charge in [-0.2, -0.15) is 0 Å². The van der Waals surface area contributed by atoms with Crippen LogP contribution in [0.5, 0.6) is 0 Å². The van der Waals surface area contributed by atoms with Crippen LogP contribution in [0.1, 0.15) is 26.5 Å². The van der Waals surface area contributed by atoms with Crippen molar-refractivity contribution in [3.05, 3.63) is 24.0 Å². The van der Waals surface area contributed by atoms with Crippen molar-refractivity contribution in [2.75, 3.05) is 5.32 Å². The standard InChI is InChI=1S/C11H17ClN2/c1-4-10-7-11(5-6-13-10)14-9(3)8(2)12/h5-9H,4H2,1-3H3,(H,13,14). The lowest BCUT2D eigenvalue weighted by molar-refractivity contribution is 0.772. The second-order valence-electron chi connectivity index (χ2n) is 3.50. The third-order valence-electron chi connectivity index (χ3n) is 2.26. The van der Waals surface area contributed by atoms with E-state index in [1.54, 1.807) is 0 Å². The molecule has 0 aliphatic carbocycles. The summed E-state index contributed by atoms with van der Waals surface area (Å²) in [5.41, 5.74) is 2.20. The number of anilines is 1. The first-order chi connectivity index (χ1) is 6.63. The van der Waals surface area contributed by atoms with Gasteiger partial charge in [-0.1, -0.05) is 6.92 Å². The zero-order chi connectivity index (χ0) is 10.6. The summed E-state index contributed by atoms with van der Waals surface area (Å²) >= 11 is 5.97. The van der Waals surface area contributed by atoms with E-state index in [0.717, 1.165) is 17.8 Å². The summed E-state index contributed by atoms with van der Waals surface area (Å²) < 4.78 is 0. The zero-order valence-electron chi connectivity index (χ0n) is 8.92. The highest BCUT2D eigenvalue weighted by molar-refractivity contribution is 6.20. The number of rotatable bonds is 4. The van der Waals surface area contributed by atoms with Gasteiger partial charge in [-0.05, 0) is 32.4 Å². The number of aromatic nitrogens is 1. The summed E-state index contributed by atoms with van der Waals surface area (Å²) in [6.07, 6.45) is 2.78. The molecule has 0 saturated carbocycles. The van der Waals surface area contributed by atoms with Crippen LogP contribution in [-0.4, -0.2) is 16.4 Å². The predicted octanol–water partition coefficient (Wildman–Crippen LogP) is 3.07. The van der Waals surface area contributed by atoms with Crippen LogP contribution in [0.15, 0.2) is 18.3 Å². The fraction of sp³-hybridized carbons (Fsp3) is 0.545. The monoisotopic (exact) mass is 212 g/mol. The Hall–Kier alpha value is -0.760. The highest BCUT2D eigenvalue weighted by Gasteiger charge is 2.08. The Bertz CT molecular complexity index is 286. The van der Waals surface area contributed by atoms with Crippen molar-refractivity contribution in [3.63, 3.8) is 0 Å². The highest BCUT2D eigenvalue weighted by Crippen LogP contribution is 2.12. The minimum atomic E-state index is 0.119. The lowest BCUT2D eigenvalue weighted by atomic mass is 10.2. The normalized spacial score (nSPS) is 14.9. The van der Waals surface area contributed by atoms with E-state index in [4.69, 9.17) is 11.6 Å². The molecule has 1 aromatic rings. The average molecular weight is 213 g/mol. The molecule has 0 amide bonds. The molecule has 0 spiro atoms. The molecule has 3 heteroatoms. The van der Waals surface area contributed by atoms with Crippen LogP contribution >= 0.6 is 11.6 Å². The first-order valence-electron chi connectivity index (χ1n) is 4.99. The number of nitrogens with one attached hydrogen (secondary N) is 1. The Balaban J connectivity index is 2.66. The Labute approximate surface area is 90.7 Å². The van der Waals surface area contributed by atoms with E-state index in [2.05, 4.69) is 30.2 Å². The zero-order valence-corrected chi connectivity index (χ0v) is 9.67. The van der Waals surface area contributed by atoms with E-state index in [1.807, 2.05) is 19.2 Å². The maximum absolute atomic E-state index is 5.97. The minimum Gasteiger partial charge on any atom is -0.381 e. The Morgan fingerprint density at radius 3 is 2.79 bits per heavy atom. The topological polar surface area (TPSA) is 24.9 Å². The third kappa shape index (κ3) is 3.18. The van der Waals surface area contributed by atoms with Gasteiger partial charge in [0.25, 0.3) is 0 Å². The molecular formula is C11H17ClN2. The molecule has 0 saturated heterocycles. The van der Waals surface area contributed by atoms with Crippen LogP contribution in [-0.2, 0) is 6.42 Å². The van der Waals surface area contributed by atoms with Crippen LogP contribution in [0.3, 0.4) is 0 Å². The second-order valence-corrected chi connectivity index (χ2v) is 4.19. The second kappa shape index (κ2) is 5.20. The molecule has 1 aromatic heterocycles. The molecule has 78 valence electrons. The molecule has 2 unspecified atom stereocenters. The number of nitrogens with zero attached hydrogens (tertiary/aromatic N) is 1. The predicted molar refractivity (Wildman–Crippen MR) is 62.0 cm³/mol. The molecule has 2 atom stereocenters. The van der Waals surface area contributed by atoms with E-state index in [0.29, 0.717) is 0 Å². The molecule has 0 aliphatic heterocycles. The van der Waals surface area contributed by atoms with Crippen LogP contribution in [0, 0.1) is 0 Å². The third-order valence-corrected chi connectivity index (χ3v) is 2.64. The Kier molecular flexibility index (Phi) is 4.21. The molecule has 0 aromatic carbocycles.